The van der Waals surface area contributed by atoms with Crippen molar-refractivity contribution in [3.8, 4) is 0 Å². The second-order valence-electron chi connectivity index (χ2n) is 5.41. The number of halogens is 2. The van der Waals surface area contributed by atoms with Gasteiger partial charge in [0.2, 0.25) is 0 Å². The Morgan fingerprint density at radius 2 is 2.35 bits per heavy atom. The van der Waals surface area contributed by atoms with Crippen molar-refractivity contribution in [2.45, 2.75) is 26.2 Å². The van der Waals surface area contributed by atoms with Crippen molar-refractivity contribution in [2.24, 2.45) is 5.92 Å². The molecule has 5 heteroatoms. The average molecular weight is 343 g/mol. The highest BCUT2D eigenvalue weighted by Gasteiger charge is 2.20. The van der Waals surface area contributed by atoms with E-state index in [4.69, 9.17) is 0 Å². The summed E-state index contributed by atoms with van der Waals surface area (Å²) in [5, 5.41) is 2.87. The van der Waals surface area contributed by atoms with Gasteiger partial charge >= 0.3 is 6.03 Å². The minimum atomic E-state index is -0.228. The zero-order chi connectivity index (χ0) is 14.5. The fourth-order valence-corrected chi connectivity index (χ4v) is 2.93. The quantitative estimate of drug-likeness (QED) is 0.894. The van der Waals surface area contributed by atoms with Gasteiger partial charge in [0.15, 0.2) is 0 Å². The molecule has 0 aromatic heterocycles. The summed E-state index contributed by atoms with van der Waals surface area (Å²) < 4.78 is 14.4. The third kappa shape index (κ3) is 4.20. The molecule has 110 valence electrons. The molecule has 0 bridgehead atoms. The molecule has 1 unspecified atom stereocenters. The third-order valence-electron chi connectivity index (χ3n) is 3.62. The fourth-order valence-electron chi connectivity index (χ4n) is 2.52. The highest BCUT2D eigenvalue weighted by atomic mass is 79.9. The van der Waals surface area contributed by atoms with Gasteiger partial charge in [0.25, 0.3) is 0 Å². The molecular weight excluding hydrogens is 323 g/mol. The van der Waals surface area contributed by atoms with Crippen LogP contribution in [0.3, 0.4) is 0 Å². The molecular formula is C15H20BrFN2O. The predicted molar refractivity (Wildman–Crippen MR) is 81.2 cm³/mol. The summed E-state index contributed by atoms with van der Waals surface area (Å²) >= 11 is 3.32. The van der Waals surface area contributed by atoms with Gasteiger partial charge < -0.3 is 10.2 Å². The number of hydrogen-bond acceptors (Lipinski definition) is 1. The van der Waals surface area contributed by atoms with Crippen LogP contribution in [0.5, 0.6) is 0 Å². The average Bonchev–Trinajstić information content (AvgIpc) is 2.42. The van der Waals surface area contributed by atoms with Crippen LogP contribution in [0, 0.1) is 11.7 Å². The van der Waals surface area contributed by atoms with E-state index < -0.39 is 0 Å². The van der Waals surface area contributed by atoms with Crippen LogP contribution in [0.15, 0.2) is 22.7 Å². The lowest BCUT2D eigenvalue weighted by molar-refractivity contribution is 0.170. The molecule has 20 heavy (non-hydrogen) atoms. The van der Waals surface area contributed by atoms with E-state index in [1.165, 1.54) is 12.5 Å². The van der Waals surface area contributed by atoms with Crippen molar-refractivity contribution in [1.29, 1.82) is 0 Å². The number of rotatable bonds is 3. The topological polar surface area (TPSA) is 32.3 Å². The van der Waals surface area contributed by atoms with Crippen molar-refractivity contribution >= 4 is 22.0 Å². The van der Waals surface area contributed by atoms with Crippen LogP contribution in [-0.4, -0.2) is 30.6 Å². The van der Waals surface area contributed by atoms with Gasteiger partial charge in [-0.1, -0.05) is 22.9 Å². The van der Waals surface area contributed by atoms with E-state index in [9.17, 15) is 9.18 Å². The Kier molecular flexibility index (Phi) is 5.40. The Bertz CT molecular complexity index is 481. The minimum absolute atomic E-state index is 0.0352. The normalized spacial score (nSPS) is 18.9. The lowest BCUT2D eigenvalue weighted by atomic mass is 10.0. The predicted octanol–water partition coefficient (Wildman–Crippen LogP) is 3.57. The van der Waals surface area contributed by atoms with Crippen LogP contribution in [0.1, 0.15) is 25.3 Å². The van der Waals surface area contributed by atoms with Gasteiger partial charge in [0.05, 0.1) is 0 Å². The van der Waals surface area contributed by atoms with Crippen LogP contribution in [-0.2, 0) is 6.42 Å². The van der Waals surface area contributed by atoms with Gasteiger partial charge in [0, 0.05) is 24.1 Å². The molecule has 1 fully saturated rings. The molecule has 2 rings (SSSR count). The first-order valence-corrected chi connectivity index (χ1v) is 7.82. The molecule has 1 atom stereocenters. The number of carbonyl (C=O) groups excluding carboxylic acids is 1. The summed E-state index contributed by atoms with van der Waals surface area (Å²) in [6.07, 6.45) is 2.75. The first-order valence-electron chi connectivity index (χ1n) is 7.03. The van der Waals surface area contributed by atoms with Crippen molar-refractivity contribution in [1.82, 2.24) is 10.2 Å². The number of carbonyl (C=O) groups is 1. The Morgan fingerprint density at radius 3 is 3.10 bits per heavy atom. The van der Waals surface area contributed by atoms with E-state index in [2.05, 4.69) is 28.2 Å². The van der Waals surface area contributed by atoms with E-state index in [1.54, 1.807) is 12.1 Å². The summed E-state index contributed by atoms with van der Waals surface area (Å²) in [4.78, 5) is 13.9. The first-order chi connectivity index (χ1) is 9.56. The van der Waals surface area contributed by atoms with E-state index in [0.29, 0.717) is 24.4 Å². The molecule has 1 aromatic carbocycles. The molecule has 3 nitrogen and oxygen atoms in total. The maximum absolute atomic E-state index is 13.6. The molecule has 1 aromatic rings. The largest absolute Gasteiger partial charge is 0.338 e. The number of likely N-dealkylation sites (tertiary alicyclic amines) is 1. The smallest absolute Gasteiger partial charge is 0.317 e. The van der Waals surface area contributed by atoms with E-state index in [1.807, 2.05) is 4.90 Å². The second-order valence-corrected chi connectivity index (χ2v) is 6.33. The molecule has 0 aliphatic carbocycles. The summed E-state index contributed by atoms with van der Waals surface area (Å²) in [5.74, 6) is 0.339. The molecule has 0 spiro atoms. The zero-order valence-corrected chi connectivity index (χ0v) is 13.2. The fraction of sp³-hybridized carbons (Fsp3) is 0.533. The number of hydrogen-bond donors (Lipinski definition) is 1. The maximum Gasteiger partial charge on any atom is 0.317 e. The highest BCUT2D eigenvalue weighted by molar-refractivity contribution is 9.10. The molecule has 0 saturated carbocycles. The van der Waals surface area contributed by atoms with Gasteiger partial charge in [0.1, 0.15) is 5.82 Å². The SMILES string of the molecule is CC1CCCN(C(=O)NCCc2cc(Br)ccc2F)C1. The molecule has 2 amide bonds. The van der Waals surface area contributed by atoms with Crippen LogP contribution in [0.25, 0.3) is 0 Å². The van der Waals surface area contributed by atoms with Crippen molar-refractivity contribution in [2.75, 3.05) is 19.6 Å². The third-order valence-corrected chi connectivity index (χ3v) is 4.12. The molecule has 1 heterocycles. The van der Waals surface area contributed by atoms with Gasteiger partial charge in [-0.15, -0.1) is 0 Å². The Morgan fingerprint density at radius 1 is 1.55 bits per heavy atom. The Hall–Kier alpha value is -1.10. The number of nitrogens with zero attached hydrogens (tertiary/aromatic N) is 1. The van der Waals surface area contributed by atoms with E-state index in [0.717, 1.165) is 24.0 Å². The number of piperidine rings is 1. The second kappa shape index (κ2) is 7.07. The van der Waals surface area contributed by atoms with E-state index >= 15 is 0 Å². The summed E-state index contributed by atoms with van der Waals surface area (Å²) in [5.41, 5.74) is 0.617. The molecule has 0 radical (unpaired) electrons. The van der Waals surface area contributed by atoms with Gasteiger partial charge in [-0.25, -0.2) is 9.18 Å². The first kappa shape index (κ1) is 15.3. The lowest BCUT2D eigenvalue weighted by Gasteiger charge is -2.30. The van der Waals surface area contributed by atoms with Crippen LogP contribution < -0.4 is 5.32 Å². The van der Waals surface area contributed by atoms with E-state index in [-0.39, 0.29) is 11.8 Å². The number of nitrogens with one attached hydrogen (secondary N) is 1. The molecule has 1 aliphatic heterocycles. The van der Waals surface area contributed by atoms with Crippen molar-refractivity contribution in [3.05, 3.63) is 34.1 Å². The van der Waals surface area contributed by atoms with Crippen molar-refractivity contribution in [3.63, 3.8) is 0 Å². The number of amides is 2. The highest BCUT2D eigenvalue weighted by Crippen LogP contribution is 2.16. The van der Waals surface area contributed by atoms with Gasteiger partial charge in [-0.2, -0.15) is 0 Å². The van der Waals surface area contributed by atoms with Gasteiger partial charge in [-0.3, -0.25) is 0 Å². The minimum Gasteiger partial charge on any atom is -0.338 e. The molecule has 1 aliphatic rings. The summed E-state index contributed by atoms with van der Waals surface area (Å²) in [7, 11) is 0. The van der Waals surface area contributed by atoms with Crippen LogP contribution in [0.2, 0.25) is 0 Å². The zero-order valence-electron chi connectivity index (χ0n) is 11.7. The molecule has 1 saturated heterocycles. The van der Waals surface area contributed by atoms with Crippen LogP contribution >= 0.6 is 15.9 Å². The number of benzene rings is 1. The maximum atomic E-state index is 13.6. The standard InChI is InChI=1S/C15H20BrFN2O/c1-11-3-2-8-19(10-11)15(20)18-7-6-12-9-13(16)4-5-14(12)17/h4-5,9,11H,2-3,6-8,10H2,1H3,(H,18,20). The van der Waals surface area contributed by atoms with Crippen molar-refractivity contribution < 1.29 is 9.18 Å². The van der Waals surface area contributed by atoms with Gasteiger partial charge in [-0.05, 0) is 48.9 Å². The monoisotopic (exact) mass is 342 g/mol. The lowest BCUT2D eigenvalue weighted by Crippen LogP contribution is -2.45. The molecule has 1 N–H and O–H groups in total. The van der Waals surface area contributed by atoms with Crippen LogP contribution in [0.4, 0.5) is 9.18 Å². The Balaban J connectivity index is 1.80. The number of urea groups is 1. The Labute approximate surface area is 127 Å². The summed E-state index contributed by atoms with van der Waals surface area (Å²) in [6.45, 7) is 4.26. The summed E-state index contributed by atoms with van der Waals surface area (Å²) in [6, 6.07) is 4.83.